The quantitative estimate of drug-likeness (QED) is 0.448. The van der Waals surface area contributed by atoms with E-state index in [2.05, 4.69) is 12.2 Å². The fraction of sp³-hybridized carbons (Fsp3) is 0.533. The molecule has 0 aliphatic heterocycles. The Morgan fingerprint density at radius 3 is 2.65 bits per heavy atom. The SMILES string of the molecule is CCCCCCC(C)NC(=O)c1ccccc1[N+](=O)[O-]. The Hall–Kier alpha value is -1.91. The van der Waals surface area contributed by atoms with Crippen molar-refractivity contribution in [2.45, 2.75) is 52.0 Å². The highest BCUT2D eigenvalue weighted by molar-refractivity contribution is 5.98. The third kappa shape index (κ3) is 4.99. The van der Waals surface area contributed by atoms with Crippen LogP contribution in [0.25, 0.3) is 0 Å². The Morgan fingerprint density at radius 1 is 1.30 bits per heavy atom. The van der Waals surface area contributed by atoms with Crippen molar-refractivity contribution >= 4 is 11.6 Å². The summed E-state index contributed by atoms with van der Waals surface area (Å²) in [6.07, 6.45) is 5.49. The van der Waals surface area contributed by atoms with Gasteiger partial charge in [-0.05, 0) is 19.4 Å². The summed E-state index contributed by atoms with van der Waals surface area (Å²) >= 11 is 0. The van der Waals surface area contributed by atoms with Gasteiger partial charge in [-0.25, -0.2) is 0 Å². The summed E-state index contributed by atoms with van der Waals surface area (Å²) in [6, 6.07) is 6.05. The molecule has 20 heavy (non-hydrogen) atoms. The van der Waals surface area contributed by atoms with Gasteiger partial charge in [0.25, 0.3) is 11.6 Å². The Bertz CT molecular complexity index is 460. The molecular weight excluding hydrogens is 256 g/mol. The molecule has 0 aromatic heterocycles. The van der Waals surface area contributed by atoms with E-state index >= 15 is 0 Å². The molecule has 0 saturated carbocycles. The maximum absolute atomic E-state index is 12.1. The van der Waals surface area contributed by atoms with Crippen molar-refractivity contribution in [2.24, 2.45) is 0 Å². The van der Waals surface area contributed by atoms with Crippen LogP contribution in [0.4, 0.5) is 5.69 Å². The molecule has 0 bridgehead atoms. The predicted octanol–water partition coefficient (Wildman–Crippen LogP) is 3.68. The minimum Gasteiger partial charge on any atom is -0.349 e. The first-order chi connectivity index (χ1) is 9.56. The molecule has 0 radical (unpaired) electrons. The smallest absolute Gasteiger partial charge is 0.282 e. The van der Waals surface area contributed by atoms with E-state index in [1.54, 1.807) is 12.1 Å². The summed E-state index contributed by atoms with van der Waals surface area (Å²) in [5.74, 6) is -0.375. The topological polar surface area (TPSA) is 72.2 Å². The number of nitrogens with zero attached hydrogens (tertiary/aromatic N) is 1. The van der Waals surface area contributed by atoms with Gasteiger partial charge < -0.3 is 5.32 Å². The second-order valence-electron chi connectivity index (χ2n) is 5.00. The van der Waals surface area contributed by atoms with Crippen LogP contribution in [0.5, 0.6) is 0 Å². The zero-order valence-electron chi connectivity index (χ0n) is 12.1. The van der Waals surface area contributed by atoms with E-state index in [4.69, 9.17) is 0 Å². The first kappa shape index (κ1) is 16.1. The number of nitro groups is 1. The van der Waals surface area contributed by atoms with Crippen LogP contribution in [0.2, 0.25) is 0 Å². The molecule has 0 aliphatic rings. The molecule has 1 amide bonds. The molecule has 0 spiro atoms. The first-order valence-corrected chi connectivity index (χ1v) is 7.10. The number of unbranched alkanes of at least 4 members (excludes halogenated alkanes) is 3. The van der Waals surface area contributed by atoms with Crippen molar-refractivity contribution in [1.82, 2.24) is 5.32 Å². The van der Waals surface area contributed by atoms with Gasteiger partial charge in [-0.2, -0.15) is 0 Å². The number of carbonyl (C=O) groups excluding carboxylic acids is 1. The average molecular weight is 278 g/mol. The van der Waals surface area contributed by atoms with Crippen molar-refractivity contribution in [2.75, 3.05) is 0 Å². The predicted molar refractivity (Wildman–Crippen MR) is 78.8 cm³/mol. The van der Waals surface area contributed by atoms with E-state index in [0.717, 1.165) is 19.3 Å². The van der Waals surface area contributed by atoms with Gasteiger partial charge in [0, 0.05) is 12.1 Å². The monoisotopic (exact) mass is 278 g/mol. The van der Waals surface area contributed by atoms with Crippen LogP contribution in [0.1, 0.15) is 56.3 Å². The lowest BCUT2D eigenvalue weighted by molar-refractivity contribution is -0.385. The van der Waals surface area contributed by atoms with E-state index in [9.17, 15) is 14.9 Å². The van der Waals surface area contributed by atoms with Crippen LogP contribution < -0.4 is 5.32 Å². The fourth-order valence-electron chi connectivity index (χ4n) is 2.08. The van der Waals surface area contributed by atoms with Crippen molar-refractivity contribution < 1.29 is 9.72 Å². The van der Waals surface area contributed by atoms with Crippen molar-refractivity contribution in [3.8, 4) is 0 Å². The molecule has 5 nitrogen and oxygen atoms in total. The van der Waals surface area contributed by atoms with Crippen molar-refractivity contribution in [1.29, 1.82) is 0 Å². The molecule has 0 aliphatic carbocycles. The van der Waals surface area contributed by atoms with Gasteiger partial charge in [0.2, 0.25) is 0 Å². The number of carbonyl (C=O) groups is 1. The minimum atomic E-state index is -0.527. The largest absolute Gasteiger partial charge is 0.349 e. The number of rotatable bonds is 8. The lowest BCUT2D eigenvalue weighted by atomic mass is 10.1. The van der Waals surface area contributed by atoms with Gasteiger partial charge in [0.1, 0.15) is 5.56 Å². The van der Waals surface area contributed by atoms with Crippen LogP contribution in [0.15, 0.2) is 24.3 Å². The van der Waals surface area contributed by atoms with Gasteiger partial charge in [0.15, 0.2) is 0 Å². The molecule has 110 valence electrons. The minimum absolute atomic E-state index is 0.0270. The molecule has 5 heteroatoms. The second-order valence-corrected chi connectivity index (χ2v) is 5.00. The van der Waals surface area contributed by atoms with Crippen LogP contribution in [-0.4, -0.2) is 16.9 Å². The lowest BCUT2D eigenvalue weighted by Crippen LogP contribution is -2.32. The van der Waals surface area contributed by atoms with Gasteiger partial charge >= 0.3 is 0 Å². The molecule has 1 unspecified atom stereocenters. The molecule has 1 N–H and O–H groups in total. The van der Waals surface area contributed by atoms with Gasteiger partial charge in [0.05, 0.1) is 4.92 Å². The highest BCUT2D eigenvalue weighted by Crippen LogP contribution is 2.17. The Labute approximate surface area is 119 Å². The molecule has 0 heterocycles. The molecular formula is C15H22N2O3. The molecule has 1 aromatic rings. The van der Waals surface area contributed by atoms with Gasteiger partial charge in [-0.15, -0.1) is 0 Å². The second kappa shape index (κ2) is 8.30. The van der Waals surface area contributed by atoms with Crippen molar-refractivity contribution in [3.05, 3.63) is 39.9 Å². The Kier molecular flexibility index (Phi) is 6.70. The van der Waals surface area contributed by atoms with Crippen LogP contribution in [0, 0.1) is 10.1 Å². The van der Waals surface area contributed by atoms with E-state index in [0.29, 0.717) is 0 Å². The average Bonchev–Trinajstić information content (AvgIpc) is 2.43. The molecule has 1 rings (SSSR count). The van der Waals surface area contributed by atoms with Crippen LogP contribution in [-0.2, 0) is 0 Å². The molecule has 0 saturated heterocycles. The van der Waals surface area contributed by atoms with E-state index in [-0.39, 0.29) is 23.2 Å². The molecule has 1 atom stereocenters. The van der Waals surface area contributed by atoms with E-state index in [1.165, 1.54) is 25.0 Å². The normalized spacial score (nSPS) is 11.9. The zero-order valence-corrected chi connectivity index (χ0v) is 12.1. The summed E-state index contributed by atoms with van der Waals surface area (Å²) in [7, 11) is 0. The third-order valence-electron chi connectivity index (χ3n) is 3.21. The van der Waals surface area contributed by atoms with E-state index in [1.807, 2.05) is 6.92 Å². The zero-order chi connectivity index (χ0) is 15.0. The molecule has 0 fully saturated rings. The third-order valence-corrected chi connectivity index (χ3v) is 3.21. The van der Waals surface area contributed by atoms with Gasteiger partial charge in [-0.3, -0.25) is 14.9 Å². The molecule has 1 aromatic carbocycles. The lowest BCUT2D eigenvalue weighted by Gasteiger charge is -2.13. The maximum atomic E-state index is 12.1. The number of nitrogens with one attached hydrogen (secondary N) is 1. The number of para-hydroxylation sites is 1. The summed E-state index contributed by atoms with van der Waals surface area (Å²) in [4.78, 5) is 22.4. The number of hydrogen-bond acceptors (Lipinski definition) is 3. The van der Waals surface area contributed by atoms with Crippen LogP contribution in [0.3, 0.4) is 0 Å². The number of nitro benzene ring substituents is 1. The highest BCUT2D eigenvalue weighted by Gasteiger charge is 2.20. The van der Waals surface area contributed by atoms with E-state index < -0.39 is 4.92 Å². The Morgan fingerprint density at radius 2 is 2.00 bits per heavy atom. The van der Waals surface area contributed by atoms with Gasteiger partial charge in [-0.1, -0.05) is 44.7 Å². The first-order valence-electron chi connectivity index (χ1n) is 7.10. The summed E-state index contributed by atoms with van der Waals surface area (Å²) in [5.41, 5.74) is -0.0268. The van der Waals surface area contributed by atoms with Crippen molar-refractivity contribution in [3.63, 3.8) is 0 Å². The summed E-state index contributed by atoms with van der Waals surface area (Å²) in [6.45, 7) is 4.08. The van der Waals surface area contributed by atoms with Crippen LogP contribution >= 0.6 is 0 Å². The highest BCUT2D eigenvalue weighted by atomic mass is 16.6. The number of amides is 1. The fourth-order valence-corrected chi connectivity index (χ4v) is 2.08. The number of hydrogen-bond donors (Lipinski definition) is 1. The number of benzene rings is 1. The maximum Gasteiger partial charge on any atom is 0.282 e. The summed E-state index contributed by atoms with van der Waals surface area (Å²) in [5, 5.41) is 13.7. The summed E-state index contributed by atoms with van der Waals surface area (Å²) < 4.78 is 0. The standard InChI is InChI=1S/C15H22N2O3/c1-3-4-5-6-9-12(2)16-15(18)13-10-7-8-11-14(13)17(19)20/h7-8,10-12H,3-6,9H2,1-2H3,(H,16,18). The Balaban J connectivity index is 2.56.